The molecule has 1 rings (SSSR count). The van der Waals surface area contributed by atoms with Crippen LogP contribution in [-0.4, -0.2) is 82.7 Å². The lowest BCUT2D eigenvalue weighted by Crippen LogP contribution is -2.58. The number of rotatable bonds is 13. The molecule has 0 spiro atoms. The third-order valence-electron chi connectivity index (χ3n) is 5.72. The van der Waals surface area contributed by atoms with Gasteiger partial charge in [0.25, 0.3) is 0 Å². The molecule has 11 nitrogen and oxygen atoms in total. The number of aliphatic hydroxyl groups is 1. The van der Waals surface area contributed by atoms with Crippen molar-refractivity contribution in [1.82, 2.24) is 15.5 Å². The molecule has 31 heavy (non-hydrogen) atoms. The van der Waals surface area contributed by atoms with E-state index in [4.69, 9.17) is 11.5 Å². The van der Waals surface area contributed by atoms with Gasteiger partial charge in [0.1, 0.15) is 18.1 Å². The minimum absolute atomic E-state index is 0.271. The van der Waals surface area contributed by atoms with Crippen LogP contribution in [0, 0.1) is 5.92 Å². The molecule has 1 aliphatic heterocycles. The standard InChI is InChI=1S/C20H37N5O6/c1-3-12(2)16(20(30)31)24-18(28)15-8-6-10-25(15)19(29)14(11-26)23-17(27)13(22)7-4-5-9-21/h12-16,26H,3-11,21-22H2,1-2H3,(H,23,27)(H,24,28)(H,30,31). The van der Waals surface area contributed by atoms with E-state index in [9.17, 15) is 29.4 Å². The molecule has 0 radical (unpaired) electrons. The Kier molecular flexibility index (Phi) is 11.4. The number of nitrogens with one attached hydrogen (secondary N) is 2. The van der Waals surface area contributed by atoms with Gasteiger partial charge in [0.05, 0.1) is 12.6 Å². The van der Waals surface area contributed by atoms with Crippen molar-refractivity contribution in [2.45, 2.75) is 76.5 Å². The second kappa shape index (κ2) is 13.2. The summed E-state index contributed by atoms with van der Waals surface area (Å²) in [6.07, 6.45) is 3.27. The van der Waals surface area contributed by atoms with Crippen molar-refractivity contribution in [3.05, 3.63) is 0 Å². The van der Waals surface area contributed by atoms with Crippen molar-refractivity contribution in [2.24, 2.45) is 17.4 Å². The van der Waals surface area contributed by atoms with Gasteiger partial charge in [-0.2, -0.15) is 0 Å². The molecule has 8 N–H and O–H groups in total. The second-order valence-corrected chi connectivity index (χ2v) is 8.03. The maximum Gasteiger partial charge on any atom is 0.326 e. The molecule has 1 aliphatic rings. The van der Waals surface area contributed by atoms with Gasteiger partial charge in [-0.25, -0.2) is 4.79 Å². The predicted octanol–water partition coefficient (Wildman–Crippen LogP) is -1.47. The van der Waals surface area contributed by atoms with Crippen LogP contribution >= 0.6 is 0 Å². The van der Waals surface area contributed by atoms with Gasteiger partial charge >= 0.3 is 5.97 Å². The maximum atomic E-state index is 12.9. The van der Waals surface area contributed by atoms with E-state index in [1.165, 1.54) is 4.90 Å². The highest BCUT2D eigenvalue weighted by atomic mass is 16.4. The van der Waals surface area contributed by atoms with E-state index in [2.05, 4.69) is 10.6 Å². The monoisotopic (exact) mass is 443 g/mol. The Morgan fingerprint density at radius 2 is 1.87 bits per heavy atom. The largest absolute Gasteiger partial charge is 0.480 e. The van der Waals surface area contributed by atoms with Crippen LogP contribution in [0.5, 0.6) is 0 Å². The van der Waals surface area contributed by atoms with Crippen molar-refractivity contribution in [2.75, 3.05) is 19.7 Å². The smallest absolute Gasteiger partial charge is 0.326 e. The first-order valence-electron chi connectivity index (χ1n) is 10.9. The lowest BCUT2D eigenvalue weighted by Gasteiger charge is -2.30. The molecule has 0 saturated carbocycles. The Morgan fingerprint density at radius 3 is 2.42 bits per heavy atom. The average Bonchev–Trinajstić information content (AvgIpc) is 3.24. The summed E-state index contributed by atoms with van der Waals surface area (Å²) in [5, 5.41) is 24.0. The van der Waals surface area contributed by atoms with E-state index < -0.39 is 54.5 Å². The van der Waals surface area contributed by atoms with E-state index in [1.54, 1.807) is 6.92 Å². The summed E-state index contributed by atoms with van der Waals surface area (Å²) in [5.41, 5.74) is 11.3. The third-order valence-corrected chi connectivity index (χ3v) is 5.72. The predicted molar refractivity (Wildman–Crippen MR) is 114 cm³/mol. The van der Waals surface area contributed by atoms with Gasteiger partial charge < -0.3 is 37.2 Å². The molecule has 0 aromatic rings. The number of aliphatic carboxylic acids is 1. The topological polar surface area (TPSA) is 188 Å². The molecule has 1 fully saturated rings. The summed E-state index contributed by atoms with van der Waals surface area (Å²) in [6, 6.07) is -3.98. The van der Waals surface area contributed by atoms with Crippen molar-refractivity contribution >= 4 is 23.7 Å². The van der Waals surface area contributed by atoms with E-state index in [1.807, 2.05) is 6.92 Å². The molecule has 0 aromatic heterocycles. The van der Waals surface area contributed by atoms with Gasteiger partial charge in [-0.1, -0.05) is 26.7 Å². The molecular formula is C20H37N5O6. The summed E-state index contributed by atoms with van der Waals surface area (Å²) >= 11 is 0. The van der Waals surface area contributed by atoms with Crippen LogP contribution in [0.3, 0.4) is 0 Å². The number of hydrogen-bond donors (Lipinski definition) is 6. The fraction of sp³-hybridized carbons (Fsp3) is 0.800. The van der Waals surface area contributed by atoms with E-state index in [0.29, 0.717) is 38.6 Å². The number of carbonyl (C=O) groups is 4. The zero-order valence-electron chi connectivity index (χ0n) is 18.4. The summed E-state index contributed by atoms with van der Waals surface area (Å²) in [5.74, 6) is -3.13. The first-order valence-corrected chi connectivity index (χ1v) is 10.9. The van der Waals surface area contributed by atoms with Crippen LogP contribution in [0.15, 0.2) is 0 Å². The van der Waals surface area contributed by atoms with Crippen LogP contribution in [0.4, 0.5) is 0 Å². The van der Waals surface area contributed by atoms with Gasteiger partial charge in [0.2, 0.25) is 17.7 Å². The van der Waals surface area contributed by atoms with Crippen LogP contribution < -0.4 is 22.1 Å². The Balaban J connectivity index is 2.79. The molecule has 3 amide bonds. The number of carbonyl (C=O) groups excluding carboxylic acids is 3. The third kappa shape index (κ3) is 7.75. The normalized spacial score (nSPS) is 19.9. The molecule has 178 valence electrons. The van der Waals surface area contributed by atoms with Gasteiger partial charge in [-0.3, -0.25) is 14.4 Å². The van der Waals surface area contributed by atoms with Gasteiger partial charge in [0.15, 0.2) is 0 Å². The number of carboxylic acids is 1. The second-order valence-electron chi connectivity index (χ2n) is 8.03. The van der Waals surface area contributed by atoms with Crippen molar-refractivity contribution < 1.29 is 29.4 Å². The molecule has 1 saturated heterocycles. The number of hydrogen-bond acceptors (Lipinski definition) is 7. The molecule has 0 bridgehead atoms. The molecule has 5 unspecified atom stereocenters. The highest BCUT2D eigenvalue weighted by Crippen LogP contribution is 2.20. The molecule has 0 aromatic carbocycles. The van der Waals surface area contributed by atoms with Gasteiger partial charge in [0, 0.05) is 6.54 Å². The SMILES string of the molecule is CCC(C)C(NC(=O)C1CCCN1C(=O)C(CO)NC(=O)C(N)CCCCN)C(=O)O. The van der Waals surface area contributed by atoms with Crippen molar-refractivity contribution in [3.8, 4) is 0 Å². The summed E-state index contributed by atoms with van der Waals surface area (Å²) in [7, 11) is 0. The number of amides is 3. The lowest BCUT2D eigenvalue weighted by atomic mass is 9.98. The van der Waals surface area contributed by atoms with Crippen molar-refractivity contribution in [3.63, 3.8) is 0 Å². The van der Waals surface area contributed by atoms with Gasteiger partial charge in [-0.15, -0.1) is 0 Å². The summed E-state index contributed by atoms with van der Waals surface area (Å²) in [4.78, 5) is 50.7. The molecule has 0 aliphatic carbocycles. The summed E-state index contributed by atoms with van der Waals surface area (Å²) in [6.45, 7) is 3.67. The van der Waals surface area contributed by atoms with Crippen LogP contribution in [0.2, 0.25) is 0 Å². The molecule has 1 heterocycles. The number of nitrogens with zero attached hydrogens (tertiary/aromatic N) is 1. The quantitative estimate of drug-likeness (QED) is 0.186. The average molecular weight is 444 g/mol. The van der Waals surface area contributed by atoms with E-state index >= 15 is 0 Å². The number of nitrogens with two attached hydrogens (primary N) is 2. The Labute approximate surface area is 182 Å². The minimum atomic E-state index is -1.23. The Morgan fingerprint density at radius 1 is 1.19 bits per heavy atom. The highest BCUT2D eigenvalue weighted by Gasteiger charge is 2.39. The van der Waals surface area contributed by atoms with Crippen LogP contribution in [-0.2, 0) is 19.2 Å². The van der Waals surface area contributed by atoms with Crippen LogP contribution in [0.1, 0.15) is 52.4 Å². The van der Waals surface area contributed by atoms with Crippen molar-refractivity contribution in [1.29, 1.82) is 0 Å². The number of unbranched alkanes of at least 4 members (excludes halogenated alkanes) is 1. The zero-order valence-corrected chi connectivity index (χ0v) is 18.4. The lowest BCUT2D eigenvalue weighted by molar-refractivity contribution is -0.146. The summed E-state index contributed by atoms with van der Waals surface area (Å²) < 4.78 is 0. The fourth-order valence-electron chi connectivity index (χ4n) is 3.54. The molecule has 5 atom stereocenters. The maximum absolute atomic E-state index is 12.9. The Hall–Kier alpha value is -2.24. The molecule has 11 heteroatoms. The number of likely N-dealkylation sites (tertiary alicyclic amines) is 1. The van der Waals surface area contributed by atoms with E-state index in [-0.39, 0.29) is 12.5 Å². The zero-order chi connectivity index (χ0) is 23.6. The van der Waals surface area contributed by atoms with Gasteiger partial charge in [-0.05, 0) is 38.1 Å². The van der Waals surface area contributed by atoms with E-state index in [0.717, 1.165) is 6.42 Å². The number of carboxylic acid groups (broad SMARTS) is 1. The van der Waals surface area contributed by atoms with Crippen LogP contribution in [0.25, 0.3) is 0 Å². The number of aliphatic hydroxyl groups excluding tert-OH is 1. The fourth-order valence-corrected chi connectivity index (χ4v) is 3.54. The highest BCUT2D eigenvalue weighted by molar-refractivity contribution is 5.94. The first-order chi connectivity index (χ1) is 14.7. The Bertz CT molecular complexity index is 631. The first kappa shape index (κ1) is 26.8. The molecular weight excluding hydrogens is 406 g/mol. The minimum Gasteiger partial charge on any atom is -0.480 e.